The number of likely N-dealkylation sites (N-methyl/N-ethyl adjacent to an activating group) is 1. The van der Waals surface area contributed by atoms with Gasteiger partial charge in [-0.1, -0.05) is 12.0 Å². The maximum atomic E-state index is 16.6. The monoisotopic (exact) mass is 570 g/mol. The number of hydrogen-bond acceptors (Lipinski definition) is 8. The van der Waals surface area contributed by atoms with Gasteiger partial charge in [-0.15, -0.1) is 6.42 Å². The molecule has 3 aliphatic heterocycles. The number of phenolic OH excluding ortho intramolecular Hbond substituents is 1. The molecule has 0 radical (unpaired) electrons. The maximum absolute atomic E-state index is 16.6. The summed E-state index contributed by atoms with van der Waals surface area (Å²) in [4.78, 5) is 18.3. The zero-order chi connectivity index (χ0) is 29.2. The first kappa shape index (κ1) is 26.8. The minimum atomic E-state index is -0.720. The topological polar surface area (TPSA) is 86.6 Å². The minimum absolute atomic E-state index is 0.0265. The van der Waals surface area contributed by atoms with Crippen molar-refractivity contribution in [3.05, 3.63) is 47.7 Å². The first-order chi connectivity index (χ1) is 20.2. The average Bonchev–Trinajstić information content (AvgIpc) is 3.50. The first-order valence-electron chi connectivity index (χ1n) is 14.4. The van der Waals surface area contributed by atoms with E-state index < -0.39 is 11.6 Å². The van der Waals surface area contributed by atoms with E-state index in [1.807, 2.05) is 0 Å². The molecule has 216 valence electrons. The van der Waals surface area contributed by atoms with Gasteiger partial charge in [-0.2, -0.15) is 9.97 Å². The quantitative estimate of drug-likeness (QED) is 0.337. The summed E-state index contributed by atoms with van der Waals surface area (Å²) in [5, 5.41) is 15.3. The van der Waals surface area contributed by atoms with Crippen LogP contribution in [0.4, 0.5) is 14.6 Å². The molecule has 2 bridgehead atoms. The lowest BCUT2D eigenvalue weighted by Crippen LogP contribution is -2.51. The number of piperazine rings is 1. The summed E-state index contributed by atoms with van der Waals surface area (Å²) < 4.78 is 37.6. The van der Waals surface area contributed by atoms with E-state index in [0.717, 1.165) is 45.3 Å². The van der Waals surface area contributed by atoms with Crippen molar-refractivity contribution in [2.75, 3.05) is 38.2 Å². The third kappa shape index (κ3) is 4.39. The summed E-state index contributed by atoms with van der Waals surface area (Å²) in [6.07, 6.45) is 11.4. The molecule has 8 nitrogen and oxygen atoms in total. The Balaban J connectivity index is 1.40. The fourth-order valence-electron chi connectivity index (χ4n) is 6.80. The van der Waals surface area contributed by atoms with Gasteiger partial charge in [0, 0.05) is 42.3 Å². The summed E-state index contributed by atoms with van der Waals surface area (Å²) in [5.41, 5.74) is -0.0683. The number of aromatic nitrogens is 3. The molecule has 42 heavy (non-hydrogen) atoms. The van der Waals surface area contributed by atoms with Crippen LogP contribution in [-0.4, -0.2) is 75.9 Å². The molecular formula is C32H32F2N6O2. The van der Waals surface area contributed by atoms with Crippen LogP contribution in [0.5, 0.6) is 11.8 Å². The van der Waals surface area contributed by atoms with Crippen LogP contribution in [0.3, 0.4) is 0 Å². The van der Waals surface area contributed by atoms with Crippen molar-refractivity contribution in [3.63, 3.8) is 0 Å². The highest BCUT2D eigenvalue weighted by Crippen LogP contribution is 2.39. The number of aromatic hydroxyl groups is 1. The van der Waals surface area contributed by atoms with E-state index in [0.29, 0.717) is 40.7 Å². The molecule has 3 aliphatic rings. The van der Waals surface area contributed by atoms with Crippen LogP contribution in [0.25, 0.3) is 32.9 Å². The van der Waals surface area contributed by atoms with Crippen LogP contribution >= 0.6 is 0 Å². The Bertz CT molecular complexity index is 1760. The van der Waals surface area contributed by atoms with Crippen LogP contribution in [0.2, 0.25) is 0 Å². The molecule has 5 heterocycles. The van der Waals surface area contributed by atoms with Crippen molar-refractivity contribution in [1.29, 1.82) is 0 Å². The molecule has 2 N–H and O–H groups in total. The number of hydrogen-bond donors (Lipinski definition) is 2. The Hall–Kier alpha value is -4.07. The number of terminal acetylenes is 1. The Kier molecular flexibility index (Phi) is 6.40. The lowest BCUT2D eigenvalue weighted by molar-refractivity contribution is 0.108. The molecule has 10 heteroatoms. The molecule has 3 atom stereocenters. The molecule has 3 saturated heterocycles. The Morgan fingerprint density at radius 1 is 1.19 bits per heavy atom. The number of pyridine rings is 1. The highest BCUT2D eigenvalue weighted by molar-refractivity contribution is 6.03. The van der Waals surface area contributed by atoms with Gasteiger partial charge in [0.05, 0.1) is 16.5 Å². The predicted molar refractivity (Wildman–Crippen MR) is 158 cm³/mol. The molecule has 4 aromatic rings. The summed E-state index contributed by atoms with van der Waals surface area (Å²) in [6.45, 7) is 4.95. The summed E-state index contributed by atoms with van der Waals surface area (Å²) in [7, 11) is 2.07. The van der Waals surface area contributed by atoms with E-state index >= 15 is 4.39 Å². The van der Waals surface area contributed by atoms with Gasteiger partial charge >= 0.3 is 6.01 Å². The predicted octanol–water partition coefficient (Wildman–Crippen LogP) is 4.61. The first-order valence-corrected chi connectivity index (χ1v) is 14.4. The van der Waals surface area contributed by atoms with Crippen molar-refractivity contribution >= 4 is 27.5 Å². The van der Waals surface area contributed by atoms with Gasteiger partial charge in [0.15, 0.2) is 5.82 Å². The van der Waals surface area contributed by atoms with Gasteiger partial charge in [-0.3, -0.25) is 9.88 Å². The van der Waals surface area contributed by atoms with Crippen molar-refractivity contribution in [2.45, 2.75) is 50.2 Å². The number of benzene rings is 2. The van der Waals surface area contributed by atoms with E-state index in [4.69, 9.17) is 16.1 Å². The van der Waals surface area contributed by atoms with E-state index in [9.17, 15) is 9.50 Å². The van der Waals surface area contributed by atoms with Gasteiger partial charge in [0.2, 0.25) is 0 Å². The van der Waals surface area contributed by atoms with E-state index in [1.165, 1.54) is 24.3 Å². The summed E-state index contributed by atoms with van der Waals surface area (Å²) >= 11 is 0. The molecular weight excluding hydrogens is 538 g/mol. The Morgan fingerprint density at radius 3 is 2.69 bits per heavy atom. The molecule has 2 aromatic carbocycles. The number of ether oxygens (including phenoxy) is 1. The highest BCUT2D eigenvalue weighted by atomic mass is 19.1. The van der Waals surface area contributed by atoms with Gasteiger partial charge in [0.1, 0.15) is 35.2 Å². The van der Waals surface area contributed by atoms with E-state index in [1.54, 1.807) is 6.20 Å². The van der Waals surface area contributed by atoms with Gasteiger partial charge in [-0.25, -0.2) is 8.78 Å². The number of fused-ring (bicyclic) bond motifs is 4. The fourth-order valence-corrected chi connectivity index (χ4v) is 6.80. The summed E-state index contributed by atoms with van der Waals surface area (Å²) in [5.74, 6) is 1.50. The third-order valence-electron chi connectivity index (χ3n) is 9.25. The van der Waals surface area contributed by atoms with Crippen molar-refractivity contribution in [2.24, 2.45) is 0 Å². The minimum Gasteiger partial charge on any atom is -0.508 e. The number of halogens is 2. The normalized spacial score (nSPS) is 24.0. The van der Waals surface area contributed by atoms with Crippen LogP contribution in [0, 0.1) is 24.0 Å². The molecule has 2 aromatic heterocycles. The molecule has 3 fully saturated rings. The van der Waals surface area contributed by atoms with Gasteiger partial charge in [-0.05, 0) is 69.8 Å². The largest absolute Gasteiger partial charge is 0.508 e. The smallest absolute Gasteiger partial charge is 0.319 e. The zero-order valence-electron chi connectivity index (χ0n) is 23.6. The second-order valence-corrected chi connectivity index (χ2v) is 12.0. The SMILES string of the molecule is C#Cc1c(F)ccc2cc(O)cc(-c3ncc4c(N5C[C@H]6CC[C@@H](C5)N6)nc(OC[C@]5(C)CCCN5C)nc4c3F)c12. The molecule has 0 saturated carbocycles. The number of anilines is 1. The number of rotatable bonds is 5. The van der Waals surface area contributed by atoms with Gasteiger partial charge in [0.25, 0.3) is 0 Å². The number of phenols is 1. The summed E-state index contributed by atoms with van der Waals surface area (Å²) in [6, 6.07) is 6.30. The van der Waals surface area contributed by atoms with Crippen LogP contribution < -0.4 is 15.0 Å². The standard InChI is InChI=1S/C32H32F2N6O2/c1-4-22-25(33)9-6-18-12-21(41)13-23(26(18)22)28-27(34)29-24(14-35-28)30(40-15-19-7-8-20(16-40)36-19)38-31(37-29)42-17-32(2)10-5-11-39(32)3/h1,6,9,12-14,19-20,36,41H,5,7-8,10-11,15-17H2,2-3H3/t19-,20+,32-/m0/s1. The Morgan fingerprint density at radius 2 is 1.98 bits per heavy atom. The van der Waals surface area contributed by atoms with E-state index in [2.05, 4.69) is 45.0 Å². The van der Waals surface area contributed by atoms with Crippen LogP contribution in [0.1, 0.15) is 38.2 Å². The molecule has 0 spiro atoms. The van der Waals surface area contributed by atoms with Crippen molar-refractivity contribution < 1.29 is 18.6 Å². The van der Waals surface area contributed by atoms with Crippen LogP contribution in [0.15, 0.2) is 30.5 Å². The molecule has 7 rings (SSSR count). The van der Waals surface area contributed by atoms with Crippen LogP contribution in [-0.2, 0) is 0 Å². The average molecular weight is 571 g/mol. The Labute approximate surface area is 242 Å². The van der Waals surface area contributed by atoms with Crippen molar-refractivity contribution in [1.82, 2.24) is 25.2 Å². The number of nitrogens with zero attached hydrogens (tertiary/aromatic N) is 5. The molecule has 0 aliphatic carbocycles. The highest BCUT2D eigenvalue weighted by Gasteiger charge is 2.36. The second-order valence-electron chi connectivity index (χ2n) is 12.0. The second kappa shape index (κ2) is 10.0. The third-order valence-corrected chi connectivity index (χ3v) is 9.25. The molecule has 0 unspecified atom stereocenters. The number of nitrogens with one attached hydrogen (secondary N) is 1. The lowest BCUT2D eigenvalue weighted by atomic mass is 9.96. The lowest BCUT2D eigenvalue weighted by Gasteiger charge is -2.34. The van der Waals surface area contributed by atoms with E-state index in [-0.39, 0.29) is 39.6 Å². The zero-order valence-corrected chi connectivity index (χ0v) is 23.6. The van der Waals surface area contributed by atoms with Gasteiger partial charge < -0.3 is 20.1 Å². The molecule has 0 amide bonds. The van der Waals surface area contributed by atoms with Crippen molar-refractivity contribution in [3.8, 4) is 35.4 Å². The number of likely N-dealkylation sites (tertiary alicyclic amines) is 1. The maximum Gasteiger partial charge on any atom is 0.319 e. The fraction of sp³-hybridized carbons (Fsp3) is 0.406.